The highest BCUT2D eigenvalue weighted by atomic mass is 32.2. The SMILES string of the molecule is COc1c(Nc2cc(C)[nH]n2)nc(Sc2ccc(S(=O)(=O)C(C)(C)c3cccc([N+](=O)[O-])c3F)cc2F)nc1N1CCN(C(C)=O)CC1. The van der Waals surface area contributed by atoms with Gasteiger partial charge in [-0.25, -0.2) is 22.8 Å². The van der Waals surface area contributed by atoms with Gasteiger partial charge in [-0.1, -0.05) is 12.1 Å². The van der Waals surface area contributed by atoms with Crippen LogP contribution in [0.2, 0.25) is 0 Å². The Bertz CT molecular complexity index is 2000. The zero-order valence-corrected chi connectivity index (χ0v) is 28.2. The van der Waals surface area contributed by atoms with E-state index in [1.54, 1.807) is 11.0 Å². The smallest absolute Gasteiger partial charge is 0.305 e. The number of aryl methyl sites for hydroxylation is 1. The number of aromatic nitrogens is 4. The third-order valence-corrected chi connectivity index (χ3v) is 11.3. The number of ether oxygens (including phenoxy) is 1. The van der Waals surface area contributed by atoms with E-state index < -0.39 is 47.3 Å². The summed E-state index contributed by atoms with van der Waals surface area (Å²) in [6.45, 7) is 7.51. The van der Waals surface area contributed by atoms with E-state index in [0.717, 1.165) is 35.7 Å². The summed E-state index contributed by atoms with van der Waals surface area (Å²) < 4.78 is 61.8. The van der Waals surface area contributed by atoms with E-state index in [1.165, 1.54) is 46.1 Å². The lowest BCUT2D eigenvalue weighted by Crippen LogP contribution is -2.48. The predicted molar refractivity (Wildman–Crippen MR) is 173 cm³/mol. The monoisotopic (exact) mass is 702 g/mol. The number of amides is 1. The van der Waals surface area contributed by atoms with Gasteiger partial charge in [-0.3, -0.25) is 20.0 Å². The van der Waals surface area contributed by atoms with Crippen LogP contribution >= 0.6 is 11.8 Å². The lowest BCUT2D eigenvalue weighted by Gasteiger charge is -2.35. The zero-order chi connectivity index (χ0) is 35.0. The van der Waals surface area contributed by atoms with Gasteiger partial charge in [-0.15, -0.1) is 0 Å². The normalized spacial score (nSPS) is 13.8. The van der Waals surface area contributed by atoms with Gasteiger partial charge in [0.15, 0.2) is 32.4 Å². The molecule has 0 bridgehead atoms. The number of nitro benzene ring substituents is 1. The molecule has 48 heavy (non-hydrogen) atoms. The first kappa shape index (κ1) is 34.5. The van der Waals surface area contributed by atoms with Gasteiger partial charge in [0, 0.05) is 56.5 Å². The maximum absolute atomic E-state index is 15.7. The molecule has 0 atom stereocenters. The number of hydrogen-bond donors (Lipinski definition) is 2. The Kier molecular flexibility index (Phi) is 9.59. The largest absolute Gasteiger partial charge is 0.490 e. The molecule has 3 heterocycles. The summed E-state index contributed by atoms with van der Waals surface area (Å²) in [4.78, 5) is 34.6. The van der Waals surface area contributed by atoms with Crippen LogP contribution in [0, 0.1) is 28.7 Å². The number of halogens is 2. The molecular formula is C30H32F2N8O6S2. The second-order valence-corrected chi connectivity index (χ2v) is 14.9. The van der Waals surface area contributed by atoms with Crippen molar-refractivity contribution in [3.63, 3.8) is 0 Å². The number of methoxy groups -OCH3 is 1. The number of hydrogen-bond acceptors (Lipinski definition) is 12. The summed E-state index contributed by atoms with van der Waals surface area (Å²) in [5, 5.41) is 21.5. The number of nitrogens with zero attached hydrogens (tertiary/aromatic N) is 6. The zero-order valence-electron chi connectivity index (χ0n) is 26.6. The van der Waals surface area contributed by atoms with E-state index in [4.69, 9.17) is 4.74 Å². The molecule has 1 saturated heterocycles. The molecule has 1 fully saturated rings. The first-order valence-corrected chi connectivity index (χ1v) is 16.8. The summed E-state index contributed by atoms with van der Waals surface area (Å²) in [5.41, 5.74) is -0.509. The molecule has 1 amide bonds. The molecule has 254 valence electrons. The number of nitrogens with one attached hydrogen (secondary N) is 2. The average molecular weight is 703 g/mol. The Morgan fingerprint density at radius 2 is 1.83 bits per heavy atom. The highest BCUT2D eigenvalue weighted by Gasteiger charge is 2.41. The number of anilines is 3. The van der Waals surface area contributed by atoms with Gasteiger partial charge < -0.3 is 19.9 Å². The second kappa shape index (κ2) is 13.3. The van der Waals surface area contributed by atoms with Gasteiger partial charge in [0.25, 0.3) is 0 Å². The van der Waals surface area contributed by atoms with Crippen molar-refractivity contribution in [2.24, 2.45) is 0 Å². The van der Waals surface area contributed by atoms with Crippen molar-refractivity contribution in [1.82, 2.24) is 25.1 Å². The minimum Gasteiger partial charge on any atom is -0.490 e. The standard InChI is InChI=1S/C30H32F2N8O6S2/c1-17-15-24(37-36-17)33-27-26(46-5)28(39-13-11-38(12-14-39)18(2)41)35-29(34-27)47-23-10-9-19(16-21(23)31)48(44,45)30(3,4)20-7-6-8-22(25(20)32)40(42)43/h6-10,15-16H,11-14H2,1-5H3,(H2,33,34,35,36,37). The molecular weight excluding hydrogens is 671 g/mol. The van der Waals surface area contributed by atoms with Crippen molar-refractivity contribution in [3.05, 3.63) is 75.5 Å². The number of H-pyrrole nitrogens is 1. The van der Waals surface area contributed by atoms with Crippen LogP contribution in [0.15, 0.2) is 57.4 Å². The van der Waals surface area contributed by atoms with E-state index >= 15 is 8.78 Å². The van der Waals surface area contributed by atoms with Crippen molar-refractivity contribution in [1.29, 1.82) is 0 Å². The Morgan fingerprint density at radius 1 is 1.12 bits per heavy atom. The molecule has 2 aromatic carbocycles. The molecule has 2 aromatic heterocycles. The van der Waals surface area contributed by atoms with E-state index in [9.17, 15) is 23.3 Å². The van der Waals surface area contributed by atoms with Gasteiger partial charge in [-0.05, 0) is 50.7 Å². The van der Waals surface area contributed by atoms with Crippen LogP contribution in [0.1, 0.15) is 32.0 Å². The molecule has 1 aliphatic heterocycles. The van der Waals surface area contributed by atoms with Crippen molar-refractivity contribution < 1.29 is 31.7 Å². The fourth-order valence-electron chi connectivity index (χ4n) is 5.18. The molecule has 0 spiro atoms. The summed E-state index contributed by atoms with van der Waals surface area (Å²) in [6, 6.07) is 8.25. The summed E-state index contributed by atoms with van der Waals surface area (Å²) >= 11 is 0.836. The third kappa shape index (κ3) is 6.62. The van der Waals surface area contributed by atoms with Crippen LogP contribution < -0.4 is 15.0 Å². The predicted octanol–water partition coefficient (Wildman–Crippen LogP) is 4.98. The summed E-state index contributed by atoms with van der Waals surface area (Å²) in [6.07, 6.45) is 0. The molecule has 0 saturated carbocycles. The Hall–Kier alpha value is -4.84. The van der Waals surface area contributed by atoms with E-state index in [2.05, 4.69) is 25.5 Å². The van der Waals surface area contributed by atoms with Crippen LogP contribution in [-0.4, -0.2) is 77.6 Å². The summed E-state index contributed by atoms with van der Waals surface area (Å²) in [5.74, 6) is -0.862. The van der Waals surface area contributed by atoms with Gasteiger partial charge in [-0.2, -0.15) is 9.49 Å². The van der Waals surface area contributed by atoms with Gasteiger partial charge in [0.2, 0.25) is 17.5 Å². The minimum atomic E-state index is -4.46. The maximum Gasteiger partial charge on any atom is 0.305 e. The van der Waals surface area contributed by atoms with Crippen molar-refractivity contribution in [2.45, 2.75) is 47.4 Å². The Labute approximate surface area is 279 Å². The molecule has 5 rings (SSSR count). The number of aromatic amines is 1. The van der Waals surface area contributed by atoms with E-state index in [-0.39, 0.29) is 21.8 Å². The van der Waals surface area contributed by atoms with Crippen LogP contribution in [-0.2, 0) is 19.4 Å². The first-order chi connectivity index (χ1) is 22.6. The van der Waals surface area contributed by atoms with Gasteiger partial charge >= 0.3 is 5.69 Å². The number of rotatable bonds is 10. The highest BCUT2D eigenvalue weighted by Crippen LogP contribution is 2.41. The Morgan fingerprint density at radius 3 is 2.42 bits per heavy atom. The second-order valence-electron chi connectivity index (χ2n) is 11.4. The van der Waals surface area contributed by atoms with Crippen LogP contribution in [0.25, 0.3) is 0 Å². The van der Waals surface area contributed by atoms with Crippen LogP contribution in [0.3, 0.4) is 0 Å². The summed E-state index contributed by atoms with van der Waals surface area (Å²) in [7, 11) is -3.00. The molecule has 18 heteroatoms. The molecule has 0 unspecified atom stereocenters. The Balaban J connectivity index is 1.50. The molecule has 14 nitrogen and oxygen atoms in total. The number of carbonyl (C=O) groups excluding carboxylic acids is 1. The molecule has 1 aliphatic rings. The molecule has 2 N–H and O–H groups in total. The fourth-order valence-corrected chi connectivity index (χ4v) is 7.48. The maximum atomic E-state index is 15.7. The number of nitro groups is 1. The van der Waals surface area contributed by atoms with E-state index in [1.807, 2.05) is 11.8 Å². The first-order valence-electron chi connectivity index (χ1n) is 14.5. The molecule has 0 aliphatic carbocycles. The number of carbonyl (C=O) groups is 1. The average Bonchev–Trinajstić information content (AvgIpc) is 3.45. The minimum absolute atomic E-state index is 0.00707. The van der Waals surface area contributed by atoms with Crippen molar-refractivity contribution in [3.8, 4) is 5.75 Å². The van der Waals surface area contributed by atoms with Gasteiger partial charge in [0.1, 0.15) is 5.82 Å². The number of piperazine rings is 1. The highest BCUT2D eigenvalue weighted by molar-refractivity contribution is 7.99. The number of sulfone groups is 1. The van der Waals surface area contributed by atoms with Crippen molar-refractivity contribution in [2.75, 3.05) is 43.5 Å². The third-order valence-electron chi connectivity index (χ3n) is 7.92. The molecule has 4 aromatic rings. The molecule has 0 radical (unpaired) electrons. The topological polar surface area (TPSA) is 177 Å². The lowest BCUT2D eigenvalue weighted by molar-refractivity contribution is -0.387. The number of benzene rings is 2. The van der Waals surface area contributed by atoms with Crippen LogP contribution in [0.4, 0.5) is 31.9 Å². The quantitative estimate of drug-likeness (QED) is 0.129. The fraction of sp³-hybridized carbons (Fsp3) is 0.333. The van der Waals surface area contributed by atoms with Gasteiger partial charge in [0.05, 0.1) is 26.6 Å². The lowest BCUT2D eigenvalue weighted by atomic mass is 10.0. The van der Waals surface area contributed by atoms with Crippen molar-refractivity contribution >= 4 is 50.6 Å². The van der Waals surface area contributed by atoms with E-state index in [0.29, 0.717) is 43.6 Å². The van der Waals surface area contributed by atoms with Crippen LogP contribution in [0.5, 0.6) is 5.75 Å².